The van der Waals surface area contributed by atoms with E-state index in [1.54, 1.807) is 0 Å². The predicted octanol–water partition coefficient (Wildman–Crippen LogP) is 5.41. The zero-order valence-electron chi connectivity index (χ0n) is 24.8. The van der Waals surface area contributed by atoms with Gasteiger partial charge in [0.05, 0.1) is 18.8 Å². The number of nitrogens with one attached hydrogen (secondary N) is 2. The van der Waals surface area contributed by atoms with Crippen molar-refractivity contribution < 1.29 is 14.3 Å². The molecule has 2 aliphatic rings. The Hall–Kier alpha value is -3.68. The van der Waals surface area contributed by atoms with Crippen LogP contribution in [-0.2, 0) is 17.6 Å². The number of rotatable bonds is 11. The number of aryl methyl sites for hydroxylation is 1. The van der Waals surface area contributed by atoms with Crippen molar-refractivity contribution in [3.8, 4) is 0 Å². The molecule has 2 fully saturated rings. The third-order valence-electron chi connectivity index (χ3n) is 8.49. The Morgan fingerprint density at radius 2 is 1.60 bits per heavy atom. The smallest absolute Gasteiger partial charge is 0.255 e. The number of carbonyl (C=O) groups excluding carboxylic acids is 2. The van der Waals surface area contributed by atoms with Crippen LogP contribution in [0.15, 0.2) is 72.8 Å². The molecule has 0 atom stereocenters. The highest BCUT2D eigenvalue weighted by Gasteiger charge is 2.24. The van der Waals surface area contributed by atoms with Crippen molar-refractivity contribution in [1.29, 1.82) is 0 Å². The summed E-state index contributed by atoms with van der Waals surface area (Å²) in [6.07, 6.45) is 5.08. The number of anilines is 2. The van der Waals surface area contributed by atoms with Gasteiger partial charge in [-0.1, -0.05) is 49.4 Å². The third kappa shape index (κ3) is 8.20. The first-order valence-electron chi connectivity index (χ1n) is 15.5. The lowest BCUT2D eigenvalue weighted by atomic mass is 9.89. The molecule has 7 heteroatoms. The van der Waals surface area contributed by atoms with Crippen LogP contribution in [0.2, 0.25) is 0 Å². The maximum atomic E-state index is 13.6. The van der Waals surface area contributed by atoms with Crippen LogP contribution >= 0.6 is 0 Å². The standard InChI is InChI=1S/C35H44N4O3/c1-2-27-9-11-30(12-10-27)34(40)37-31-13-14-33(39-19-15-29(16-20-39)25-28-7-4-3-5-8-28)32(26-31)35(41)36-17-6-18-38-21-23-42-24-22-38/h3-5,7-14,26,29H,2,6,15-25H2,1H3,(H,36,41)(H,37,40). The lowest BCUT2D eigenvalue weighted by Gasteiger charge is -2.35. The highest BCUT2D eigenvalue weighted by atomic mass is 16.5. The molecule has 42 heavy (non-hydrogen) atoms. The van der Waals surface area contributed by atoms with Gasteiger partial charge in [-0.05, 0) is 86.0 Å². The summed E-state index contributed by atoms with van der Waals surface area (Å²) in [6, 6.07) is 24.1. The van der Waals surface area contributed by atoms with Gasteiger partial charge < -0.3 is 20.3 Å². The monoisotopic (exact) mass is 568 g/mol. The summed E-state index contributed by atoms with van der Waals surface area (Å²) >= 11 is 0. The SMILES string of the molecule is CCc1ccc(C(=O)Nc2ccc(N3CCC(Cc4ccccc4)CC3)c(C(=O)NCCCN3CCOCC3)c2)cc1. The maximum Gasteiger partial charge on any atom is 0.255 e. The topological polar surface area (TPSA) is 73.9 Å². The molecule has 0 radical (unpaired) electrons. The molecule has 3 aromatic rings. The molecular formula is C35H44N4O3. The van der Waals surface area contributed by atoms with E-state index in [0.29, 0.717) is 29.3 Å². The van der Waals surface area contributed by atoms with Crippen molar-refractivity contribution in [2.75, 3.05) is 62.7 Å². The predicted molar refractivity (Wildman–Crippen MR) is 170 cm³/mol. The molecule has 0 saturated carbocycles. The number of benzene rings is 3. The Kier molecular flexibility index (Phi) is 10.6. The van der Waals surface area contributed by atoms with Crippen molar-refractivity contribution >= 4 is 23.2 Å². The molecule has 0 spiro atoms. The number of hydrogen-bond donors (Lipinski definition) is 2. The summed E-state index contributed by atoms with van der Waals surface area (Å²) in [7, 11) is 0. The first-order valence-corrected chi connectivity index (χ1v) is 15.5. The largest absolute Gasteiger partial charge is 0.379 e. The van der Waals surface area contributed by atoms with Crippen LogP contribution in [0.1, 0.15) is 58.0 Å². The molecule has 5 rings (SSSR count). The number of ether oxygens (including phenoxy) is 1. The van der Waals surface area contributed by atoms with Gasteiger partial charge in [0.25, 0.3) is 11.8 Å². The number of nitrogens with zero attached hydrogens (tertiary/aromatic N) is 2. The molecule has 2 saturated heterocycles. The molecule has 2 aliphatic heterocycles. The minimum absolute atomic E-state index is 0.0956. The number of amides is 2. The normalized spacial score (nSPS) is 16.3. The van der Waals surface area contributed by atoms with E-state index in [4.69, 9.17) is 4.74 Å². The quantitative estimate of drug-likeness (QED) is 0.303. The van der Waals surface area contributed by atoms with Gasteiger partial charge in [-0.15, -0.1) is 0 Å². The van der Waals surface area contributed by atoms with Gasteiger partial charge in [0.2, 0.25) is 0 Å². The molecule has 0 unspecified atom stereocenters. The van der Waals surface area contributed by atoms with Gasteiger partial charge >= 0.3 is 0 Å². The second kappa shape index (κ2) is 15.0. The molecule has 0 aromatic heterocycles. The van der Waals surface area contributed by atoms with Gasteiger partial charge in [0.15, 0.2) is 0 Å². The Labute approximate surface area is 250 Å². The number of piperidine rings is 1. The Morgan fingerprint density at radius 3 is 2.31 bits per heavy atom. The van der Waals surface area contributed by atoms with Crippen molar-refractivity contribution in [3.63, 3.8) is 0 Å². The first-order chi connectivity index (χ1) is 20.6. The Balaban J connectivity index is 1.25. The van der Waals surface area contributed by atoms with Crippen molar-refractivity contribution in [2.24, 2.45) is 5.92 Å². The minimum Gasteiger partial charge on any atom is -0.379 e. The van der Waals surface area contributed by atoms with Crippen molar-refractivity contribution in [1.82, 2.24) is 10.2 Å². The summed E-state index contributed by atoms with van der Waals surface area (Å²) in [6.45, 7) is 8.90. The summed E-state index contributed by atoms with van der Waals surface area (Å²) in [5.74, 6) is 0.365. The van der Waals surface area contributed by atoms with Crippen LogP contribution in [0.5, 0.6) is 0 Å². The highest BCUT2D eigenvalue weighted by Crippen LogP contribution is 2.30. The summed E-state index contributed by atoms with van der Waals surface area (Å²) in [5.41, 5.74) is 5.35. The van der Waals surface area contributed by atoms with Gasteiger partial charge in [-0.3, -0.25) is 14.5 Å². The average Bonchev–Trinajstić information content (AvgIpc) is 3.04. The molecule has 7 nitrogen and oxygen atoms in total. The van der Waals surface area contributed by atoms with E-state index in [0.717, 1.165) is 83.7 Å². The van der Waals surface area contributed by atoms with Crippen LogP contribution in [-0.4, -0.2) is 69.2 Å². The van der Waals surface area contributed by atoms with E-state index in [1.807, 2.05) is 42.5 Å². The highest BCUT2D eigenvalue weighted by molar-refractivity contribution is 6.06. The average molecular weight is 569 g/mol. The fourth-order valence-corrected chi connectivity index (χ4v) is 5.92. The van der Waals surface area contributed by atoms with E-state index in [2.05, 4.69) is 57.7 Å². The zero-order chi connectivity index (χ0) is 29.1. The van der Waals surface area contributed by atoms with Crippen LogP contribution in [0.25, 0.3) is 0 Å². The summed E-state index contributed by atoms with van der Waals surface area (Å²) < 4.78 is 5.44. The fraction of sp³-hybridized carbons (Fsp3) is 0.429. The van der Waals surface area contributed by atoms with Crippen LogP contribution < -0.4 is 15.5 Å². The minimum atomic E-state index is -0.177. The second-order valence-corrected chi connectivity index (χ2v) is 11.4. The van der Waals surface area contributed by atoms with E-state index < -0.39 is 0 Å². The number of hydrogen-bond acceptors (Lipinski definition) is 5. The van der Waals surface area contributed by atoms with Gasteiger partial charge in [0, 0.05) is 49.7 Å². The lowest BCUT2D eigenvalue weighted by Crippen LogP contribution is -2.38. The van der Waals surface area contributed by atoms with Gasteiger partial charge in [0.1, 0.15) is 0 Å². The molecule has 0 bridgehead atoms. The molecule has 0 aliphatic carbocycles. The molecule has 222 valence electrons. The first kappa shape index (κ1) is 29.8. The van der Waals surface area contributed by atoms with E-state index in [1.165, 1.54) is 11.1 Å². The third-order valence-corrected chi connectivity index (χ3v) is 8.49. The maximum absolute atomic E-state index is 13.6. The molecule has 2 amide bonds. The van der Waals surface area contributed by atoms with E-state index in [-0.39, 0.29) is 11.8 Å². The van der Waals surface area contributed by atoms with E-state index in [9.17, 15) is 9.59 Å². The summed E-state index contributed by atoms with van der Waals surface area (Å²) in [4.78, 5) is 31.3. The van der Waals surface area contributed by atoms with Crippen LogP contribution in [0.3, 0.4) is 0 Å². The molecule has 2 heterocycles. The van der Waals surface area contributed by atoms with Crippen molar-refractivity contribution in [3.05, 3.63) is 95.1 Å². The van der Waals surface area contributed by atoms with Crippen molar-refractivity contribution in [2.45, 2.75) is 39.0 Å². The van der Waals surface area contributed by atoms with Gasteiger partial charge in [-0.2, -0.15) is 0 Å². The second-order valence-electron chi connectivity index (χ2n) is 11.4. The number of carbonyl (C=O) groups is 2. The zero-order valence-corrected chi connectivity index (χ0v) is 24.8. The fourth-order valence-electron chi connectivity index (χ4n) is 5.92. The van der Waals surface area contributed by atoms with E-state index >= 15 is 0 Å². The Morgan fingerprint density at radius 1 is 0.857 bits per heavy atom. The molecule has 2 N–H and O–H groups in total. The molecule has 3 aromatic carbocycles. The Bertz CT molecular complexity index is 1300. The molecular weight excluding hydrogens is 524 g/mol. The van der Waals surface area contributed by atoms with Crippen LogP contribution in [0, 0.1) is 5.92 Å². The van der Waals surface area contributed by atoms with Gasteiger partial charge in [-0.25, -0.2) is 0 Å². The lowest BCUT2D eigenvalue weighted by molar-refractivity contribution is 0.0374. The number of morpholine rings is 1. The summed E-state index contributed by atoms with van der Waals surface area (Å²) in [5, 5.41) is 6.16. The van der Waals surface area contributed by atoms with Crippen LogP contribution in [0.4, 0.5) is 11.4 Å².